The summed E-state index contributed by atoms with van der Waals surface area (Å²) in [5, 5.41) is 0. The third-order valence-corrected chi connectivity index (χ3v) is 2.89. The van der Waals surface area contributed by atoms with Gasteiger partial charge in [0.15, 0.2) is 0 Å². The van der Waals surface area contributed by atoms with E-state index < -0.39 is 12.4 Å². The molecule has 0 radical (unpaired) electrons. The Labute approximate surface area is 105 Å². The Bertz CT molecular complexity index is 427. The van der Waals surface area contributed by atoms with Crippen LogP contribution in [0.5, 0.6) is 0 Å². The molecule has 7 heteroatoms. The number of nitrogens with zero attached hydrogens (tertiary/aromatic N) is 1. The summed E-state index contributed by atoms with van der Waals surface area (Å²) >= 11 is 2.94. The Morgan fingerprint density at radius 1 is 1.65 bits per heavy atom. The first-order chi connectivity index (χ1) is 8.01. The van der Waals surface area contributed by atoms with E-state index in [0.29, 0.717) is 5.56 Å². The number of hydrogen-bond acceptors (Lipinski definition) is 4. The van der Waals surface area contributed by atoms with Gasteiger partial charge in [0.2, 0.25) is 0 Å². The smallest absolute Gasteiger partial charge is 0.310 e. The fourth-order valence-electron chi connectivity index (χ4n) is 1.40. The summed E-state index contributed by atoms with van der Waals surface area (Å²) in [6.07, 6.45) is -1.61. The molecule has 17 heavy (non-hydrogen) atoms. The summed E-state index contributed by atoms with van der Waals surface area (Å²) in [6, 6.07) is 0. The van der Waals surface area contributed by atoms with Gasteiger partial charge in [-0.05, 0) is 27.1 Å². The maximum atomic E-state index is 12.9. The van der Waals surface area contributed by atoms with Crippen LogP contribution in [-0.2, 0) is 22.5 Å². The van der Waals surface area contributed by atoms with Crippen molar-refractivity contribution < 1.29 is 18.3 Å². The van der Waals surface area contributed by atoms with Crippen molar-refractivity contribution in [3.8, 4) is 0 Å². The van der Waals surface area contributed by atoms with Crippen molar-refractivity contribution in [3.63, 3.8) is 0 Å². The molecule has 0 amide bonds. The number of carbonyl (C=O) groups excluding carboxylic acids is 1. The Morgan fingerprint density at radius 2 is 2.29 bits per heavy atom. The molecule has 0 aliphatic carbocycles. The highest BCUT2D eigenvalue weighted by Crippen LogP contribution is 2.31. The summed E-state index contributed by atoms with van der Waals surface area (Å²) < 4.78 is 30.3. The van der Waals surface area contributed by atoms with Crippen molar-refractivity contribution in [3.05, 3.63) is 27.5 Å². The molecular weight excluding hydrogens is 298 g/mol. The lowest BCUT2D eigenvalue weighted by molar-refractivity contribution is -0.139. The lowest BCUT2D eigenvalue weighted by Crippen LogP contribution is -2.13. The van der Waals surface area contributed by atoms with Gasteiger partial charge in [0.1, 0.15) is 4.60 Å². The quantitative estimate of drug-likeness (QED) is 0.682. The fourth-order valence-corrected chi connectivity index (χ4v) is 1.92. The highest BCUT2D eigenvalue weighted by atomic mass is 79.9. The molecule has 1 heterocycles. The zero-order valence-corrected chi connectivity index (χ0v) is 10.6. The number of nitrogens with two attached hydrogens (primary N) is 1. The van der Waals surface area contributed by atoms with Crippen LogP contribution in [0.4, 0.5) is 8.78 Å². The molecule has 0 unspecified atom stereocenters. The summed E-state index contributed by atoms with van der Waals surface area (Å²) in [7, 11) is 1.20. The van der Waals surface area contributed by atoms with Crippen LogP contribution in [-0.4, -0.2) is 18.1 Å². The highest BCUT2D eigenvalue weighted by Gasteiger charge is 2.22. The summed E-state index contributed by atoms with van der Waals surface area (Å²) in [5.41, 5.74) is 5.72. The largest absolute Gasteiger partial charge is 0.469 e. The average molecular weight is 309 g/mol. The van der Waals surface area contributed by atoms with E-state index in [0.717, 1.165) is 0 Å². The van der Waals surface area contributed by atoms with E-state index in [4.69, 9.17) is 5.73 Å². The summed E-state index contributed by atoms with van der Waals surface area (Å²) in [4.78, 5) is 15.0. The van der Waals surface area contributed by atoms with Crippen molar-refractivity contribution in [2.45, 2.75) is 19.4 Å². The Kier molecular flexibility index (Phi) is 4.95. The van der Waals surface area contributed by atoms with E-state index in [1.807, 2.05) is 0 Å². The normalized spacial score (nSPS) is 10.7. The molecule has 0 bridgehead atoms. The minimum atomic E-state index is -2.73. The Morgan fingerprint density at radius 3 is 2.76 bits per heavy atom. The maximum absolute atomic E-state index is 12.9. The van der Waals surface area contributed by atoms with Crippen molar-refractivity contribution in [1.29, 1.82) is 0 Å². The predicted octanol–water partition coefficient (Wildman–Crippen LogP) is 1.96. The first-order valence-electron chi connectivity index (χ1n) is 4.72. The number of carbonyl (C=O) groups is 1. The Balaban J connectivity index is 3.29. The van der Waals surface area contributed by atoms with Crippen LogP contribution in [0.3, 0.4) is 0 Å². The summed E-state index contributed by atoms with van der Waals surface area (Å²) in [5.74, 6) is -0.597. The molecule has 0 saturated carbocycles. The molecule has 1 rings (SSSR count). The van der Waals surface area contributed by atoms with Crippen LogP contribution in [0.15, 0.2) is 10.8 Å². The van der Waals surface area contributed by atoms with Gasteiger partial charge in [0.25, 0.3) is 6.43 Å². The van der Waals surface area contributed by atoms with Crippen molar-refractivity contribution >= 4 is 21.9 Å². The van der Waals surface area contributed by atoms with Gasteiger partial charge in [-0.2, -0.15) is 0 Å². The average Bonchev–Trinajstić information content (AvgIpc) is 2.28. The van der Waals surface area contributed by atoms with Crippen LogP contribution in [0, 0.1) is 0 Å². The molecule has 4 nitrogen and oxygen atoms in total. The molecule has 1 aromatic heterocycles. The summed E-state index contributed by atoms with van der Waals surface area (Å²) in [6.45, 7) is 0.0341. The second-order valence-corrected chi connectivity index (χ2v) is 3.98. The van der Waals surface area contributed by atoms with Crippen LogP contribution >= 0.6 is 15.9 Å². The second kappa shape index (κ2) is 6.02. The molecular formula is C10H11BrF2N2O2. The molecule has 2 N–H and O–H groups in total. The standard InChI is InChI=1S/C10H11BrF2N2O2/c1-17-7(16)2-6-5(3-14)4-15-9(11)8(6)10(12)13/h4,10H,2-3,14H2,1H3. The van der Waals surface area contributed by atoms with Crippen LogP contribution in [0.25, 0.3) is 0 Å². The predicted molar refractivity (Wildman–Crippen MR) is 60.5 cm³/mol. The maximum Gasteiger partial charge on any atom is 0.310 e. The topological polar surface area (TPSA) is 65.2 Å². The van der Waals surface area contributed by atoms with Crippen LogP contribution in [0.2, 0.25) is 0 Å². The molecule has 0 spiro atoms. The van der Waals surface area contributed by atoms with Gasteiger partial charge < -0.3 is 10.5 Å². The van der Waals surface area contributed by atoms with E-state index in [1.165, 1.54) is 13.3 Å². The van der Waals surface area contributed by atoms with Gasteiger partial charge >= 0.3 is 5.97 Å². The van der Waals surface area contributed by atoms with E-state index in [-0.39, 0.29) is 28.7 Å². The van der Waals surface area contributed by atoms with Gasteiger partial charge in [0.05, 0.1) is 19.1 Å². The number of rotatable bonds is 4. The number of hydrogen-bond donors (Lipinski definition) is 1. The zero-order chi connectivity index (χ0) is 13.0. The number of methoxy groups -OCH3 is 1. The number of aromatic nitrogens is 1. The van der Waals surface area contributed by atoms with E-state index in [1.54, 1.807) is 0 Å². The van der Waals surface area contributed by atoms with Gasteiger partial charge in [-0.1, -0.05) is 0 Å². The molecule has 0 aliphatic heterocycles. The lowest BCUT2D eigenvalue weighted by atomic mass is 10.0. The molecule has 0 atom stereocenters. The zero-order valence-electron chi connectivity index (χ0n) is 9.04. The van der Waals surface area contributed by atoms with Gasteiger partial charge in [0, 0.05) is 12.7 Å². The molecule has 0 aliphatic rings. The van der Waals surface area contributed by atoms with E-state index in [9.17, 15) is 13.6 Å². The third-order valence-electron chi connectivity index (χ3n) is 2.26. The first kappa shape index (κ1) is 14.0. The van der Waals surface area contributed by atoms with Crippen LogP contribution in [0.1, 0.15) is 23.1 Å². The number of alkyl halides is 2. The number of esters is 1. The van der Waals surface area contributed by atoms with Gasteiger partial charge in [-0.15, -0.1) is 0 Å². The van der Waals surface area contributed by atoms with Crippen molar-refractivity contribution in [2.75, 3.05) is 7.11 Å². The lowest BCUT2D eigenvalue weighted by Gasteiger charge is -2.13. The monoisotopic (exact) mass is 308 g/mol. The Hall–Kier alpha value is -1.08. The number of halogens is 3. The number of ether oxygens (including phenoxy) is 1. The van der Waals surface area contributed by atoms with Gasteiger partial charge in [-0.3, -0.25) is 4.79 Å². The van der Waals surface area contributed by atoms with Crippen molar-refractivity contribution in [1.82, 2.24) is 4.98 Å². The SMILES string of the molecule is COC(=O)Cc1c(CN)cnc(Br)c1C(F)F. The molecule has 1 aromatic rings. The van der Waals surface area contributed by atoms with Gasteiger partial charge in [-0.25, -0.2) is 13.8 Å². The third kappa shape index (κ3) is 3.19. The molecule has 0 saturated heterocycles. The van der Waals surface area contributed by atoms with Crippen LogP contribution < -0.4 is 5.73 Å². The molecule has 0 fully saturated rings. The second-order valence-electron chi connectivity index (χ2n) is 3.22. The van der Waals surface area contributed by atoms with Crippen molar-refractivity contribution in [2.24, 2.45) is 5.73 Å². The fraction of sp³-hybridized carbons (Fsp3) is 0.400. The number of pyridine rings is 1. The van der Waals surface area contributed by atoms with E-state index in [2.05, 4.69) is 25.7 Å². The molecule has 0 aromatic carbocycles. The minimum absolute atomic E-state index is 0.0172. The minimum Gasteiger partial charge on any atom is -0.469 e. The van der Waals surface area contributed by atoms with E-state index >= 15 is 0 Å². The molecule has 94 valence electrons. The first-order valence-corrected chi connectivity index (χ1v) is 5.51. The highest BCUT2D eigenvalue weighted by molar-refractivity contribution is 9.10.